The molecule has 8 nitrogen and oxygen atoms in total. The fraction of sp³-hybridized carbons (Fsp3) is 0.333. The molecule has 3 heterocycles. The predicted octanol–water partition coefficient (Wildman–Crippen LogP) is 1.70. The van der Waals surface area contributed by atoms with Crippen molar-refractivity contribution in [3.05, 3.63) is 41.7 Å². The molecule has 0 aliphatic carbocycles. The van der Waals surface area contributed by atoms with E-state index >= 15 is 0 Å². The SMILES string of the molecule is C[C@@H](O)C#Cc1ccc2c(C(=O)N3CCC(F)CC3)nn(-c3ccnc(N)n3)c2c1. The number of aliphatic hydroxyl groups is 1. The lowest BCUT2D eigenvalue weighted by atomic mass is 10.1. The second-order valence-corrected chi connectivity index (χ2v) is 7.18. The zero-order chi connectivity index (χ0) is 21.3. The first-order valence-corrected chi connectivity index (χ1v) is 9.67. The van der Waals surface area contributed by atoms with Gasteiger partial charge in [-0.1, -0.05) is 11.8 Å². The number of hydrogen-bond donors (Lipinski definition) is 2. The maximum Gasteiger partial charge on any atom is 0.275 e. The Kier molecular flexibility index (Phi) is 5.33. The van der Waals surface area contributed by atoms with Crippen LogP contribution in [0.1, 0.15) is 35.8 Å². The molecule has 9 heteroatoms. The summed E-state index contributed by atoms with van der Waals surface area (Å²) in [6.45, 7) is 2.29. The van der Waals surface area contributed by atoms with Crippen molar-refractivity contribution in [1.29, 1.82) is 0 Å². The number of nitrogens with two attached hydrogens (primary N) is 1. The molecule has 1 aromatic carbocycles. The Morgan fingerprint density at radius 3 is 2.80 bits per heavy atom. The third-order valence-corrected chi connectivity index (χ3v) is 4.90. The maximum absolute atomic E-state index is 13.5. The van der Waals surface area contributed by atoms with Crippen molar-refractivity contribution in [2.45, 2.75) is 32.0 Å². The molecule has 0 bridgehead atoms. The average Bonchev–Trinajstić information content (AvgIpc) is 3.11. The van der Waals surface area contributed by atoms with Crippen molar-refractivity contribution in [2.24, 2.45) is 0 Å². The minimum atomic E-state index is -0.873. The lowest BCUT2D eigenvalue weighted by Gasteiger charge is -2.28. The lowest BCUT2D eigenvalue weighted by Crippen LogP contribution is -2.39. The van der Waals surface area contributed by atoms with Gasteiger partial charge in [-0.15, -0.1) is 0 Å². The van der Waals surface area contributed by atoms with E-state index in [9.17, 15) is 14.3 Å². The normalized spacial score (nSPS) is 15.6. The van der Waals surface area contributed by atoms with Crippen molar-refractivity contribution in [3.63, 3.8) is 0 Å². The second-order valence-electron chi connectivity index (χ2n) is 7.18. The van der Waals surface area contributed by atoms with E-state index in [0.29, 0.717) is 48.2 Å². The van der Waals surface area contributed by atoms with Gasteiger partial charge in [-0.3, -0.25) is 4.79 Å². The highest BCUT2D eigenvalue weighted by atomic mass is 19.1. The van der Waals surface area contributed by atoms with Gasteiger partial charge in [0.15, 0.2) is 11.5 Å². The largest absolute Gasteiger partial charge is 0.381 e. The molecule has 1 aliphatic rings. The molecule has 0 unspecified atom stereocenters. The molecule has 1 aliphatic heterocycles. The summed E-state index contributed by atoms with van der Waals surface area (Å²) in [7, 11) is 0. The number of carbonyl (C=O) groups is 1. The molecular formula is C21H21FN6O2. The van der Waals surface area contributed by atoms with Gasteiger partial charge in [-0.2, -0.15) is 10.1 Å². The number of hydrogen-bond acceptors (Lipinski definition) is 6. The van der Waals surface area contributed by atoms with E-state index in [1.54, 1.807) is 36.1 Å². The van der Waals surface area contributed by atoms with Gasteiger partial charge in [0, 0.05) is 36.3 Å². The quantitative estimate of drug-likeness (QED) is 0.625. The fourth-order valence-electron chi connectivity index (χ4n) is 3.40. The number of rotatable bonds is 2. The number of amides is 1. The van der Waals surface area contributed by atoms with Crippen molar-refractivity contribution in [2.75, 3.05) is 18.8 Å². The van der Waals surface area contributed by atoms with Crippen LogP contribution in [0.3, 0.4) is 0 Å². The number of aliphatic hydroxyl groups excluding tert-OH is 1. The Hall–Kier alpha value is -3.51. The number of alkyl halides is 1. The van der Waals surface area contributed by atoms with E-state index in [1.807, 2.05) is 0 Å². The molecule has 2 aromatic heterocycles. The number of anilines is 1. The van der Waals surface area contributed by atoms with Gasteiger partial charge in [0.1, 0.15) is 12.3 Å². The van der Waals surface area contributed by atoms with E-state index < -0.39 is 12.3 Å². The summed E-state index contributed by atoms with van der Waals surface area (Å²) in [4.78, 5) is 22.9. The molecule has 154 valence electrons. The first-order chi connectivity index (χ1) is 14.4. The van der Waals surface area contributed by atoms with Gasteiger partial charge >= 0.3 is 0 Å². The monoisotopic (exact) mass is 408 g/mol. The fourth-order valence-corrected chi connectivity index (χ4v) is 3.40. The minimum absolute atomic E-state index is 0.0825. The minimum Gasteiger partial charge on any atom is -0.381 e. The van der Waals surface area contributed by atoms with E-state index in [2.05, 4.69) is 26.9 Å². The molecule has 0 radical (unpaired) electrons. The van der Waals surface area contributed by atoms with Gasteiger partial charge in [0.2, 0.25) is 5.95 Å². The molecule has 3 aromatic rings. The molecule has 0 spiro atoms. The number of aromatic nitrogens is 4. The van der Waals surface area contributed by atoms with Crippen LogP contribution in [-0.2, 0) is 0 Å². The summed E-state index contributed by atoms with van der Waals surface area (Å²) in [5.41, 5.74) is 7.26. The summed E-state index contributed by atoms with van der Waals surface area (Å²) in [6.07, 6.45) is 0.526. The zero-order valence-electron chi connectivity index (χ0n) is 16.4. The van der Waals surface area contributed by atoms with Gasteiger partial charge in [-0.05, 0) is 38.0 Å². The Morgan fingerprint density at radius 2 is 2.10 bits per heavy atom. The van der Waals surface area contributed by atoms with Crippen LogP contribution in [0.2, 0.25) is 0 Å². The molecule has 30 heavy (non-hydrogen) atoms. The number of halogens is 1. The second kappa shape index (κ2) is 8.08. The Balaban J connectivity index is 1.83. The van der Waals surface area contributed by atoms with Gasteiger partial charge in [0.25, 0.3) is 5.91 Å². The van der Waals surface area contributed by atoms with Crippen LogP contribution < -0.4 is 5.73 Å². The van der Waals surface area contributed by atoms with E-state index in [1.165, 1.54) is 10.9 Å². The van der Waals surface area contributed by atoms with Crippen LogP contribution in [-0.4, -0.2) is 61.0 Å². The van der Waals surface area contributed by atoms with Gasteiger partial charge in [0.05, 0.1) is 5.52 Å². The van der Waals surface area contributed by atoms with E-state index in [4.69, 9.17) is 5.73 Å². The zero-order valence-corrected chi connectivity index (χ0v) is 16.4. The first kappa shape index (κ1) is 19.8. The number of benzene rings is 1. The van der Waals surface area contributed by atoms with Crippen LogP contribution in [0.25, 0.3) is 16.7 Å². The third-order valence-electron chi connectivity index (χ3n) is 4.90. The van der Waals surface area contributed by atoms with Crippen LogP contribution in [0.15, 0.2) is 30.5 Å². The molecule has 1 fully saturated rings. The topological polar surface area (TPSA) is 110 Å². The summed E-state index contributed by atoms with van der Waals surface area (Å²) in [5, 5.41) is 14.6. The summed E-state index contributed by atoms with van der Waals surface area (Å²) >= 11 is 0. The van der Waals surface area contributed by atoms with E-state index in [0.717, 1.165) is 0 Å². The number of fused-ring (bicyclic) bond motifs is 1. The smallest absolute Gasteiger partial charge is 0.275 e. The molecule has 1 saturated heterocycles. The summed E-state index contributed by atoms with van der Waals surface area (Å²) < 4.78 is 15.0. The predicted molar refractivity (Wildman–Crippen MR) is 110 cm³/mol. The van der Waals surface area contributed by atoms with Crippen LogP contribution in [0.4, 0.5) is 10.3 Å². The number of carbonyl (C=O) groups excluding carboxylic acids is 1. The standard InChI is InChI=1S/C21H21FN6O2/c1-13(29)2-3-14-4-5-16-17(12-14)28(18-6-9-24-21(23)25-18)26-19(16)20(30)27-10-7-15(22)8-11-27/h4-6,9,12-13,15,29H,7-8,10-11H2,1H3,(H2,23,24,25)/t13-/m1/s1. The Labute approximate surface area is 172 Å². The van der Waals surface area contributed by atoms with Gasteiger partial charge in [-0.25, -0.2) is 14.1 Å². The highest BCUT2D eigenvalue weighted by Crippen LogP contribution is 2.25. The number of piperidine rings is 1. The highest BCUT2D eigenvalue weighted by molar-refractivity contribution is 6.05. The summed E-state index contributed by atoms with van der Waals surface area (Å²) in [6, 6.07) is 6.95. The average molecular weight is 408 g/mol. The Bertz CT molecular complexity index is 1160. The van der Waals surface area contributed by atoms with Crippen LogP contribution in [0.5, 0.6) is 0 Å². The molecule has 1 atom stereocenters. The number of nitrogens with zero attached hydrogens (tertiary/aromatic N) is 5. The number of nitrogen functional groups attached to an aromatic ring is 1. The number of likely N-dealkylation sites (tertiary alicyclic amines) is 1. The van der Waals surface area contributed by atoms with Gasteiger partial charge < -0.3 is 15.7 Å². The van der Waals surface area contributed by atoms with Crippen molar-refractivity contribution >= 4 is 22.8 Å². The van der Waals surface area contributed by atoms with Crippen LogP contribution in [0, 0.1) is 11.8 Å². The molecule has 4 rings (SSSR count). The van der Waals surface area contributed by atoms with Crippen molar-refractivity contribution < 1.29 is 14.3 Å². The maximum atomic E-state index is 13.5. The first-order valence-electron chi connectivity index (χ1n) is 9.67. The van der Waals surface area contributed by atoms with Crippen molar-refractivity contribution in [1.82, 2.24) is 24.6 Å². The van der Waals surface area contributed by atoms with Crippen LogP contribution >= 0.6 is 0 Å². The highest BCUT2D eigenvalue weighted by Gasteiger charge is 2.27. The molecule has 3 N–H and O–H groups in total. The van der Waals surface area contributed by atoms with E-state index in [-0.39, 0.29) is 17.5 Å². The third kappa shape index (κ3) is 3.95. The summed E-state index contributed by atoms with van der Waals surface area (Å²) in [5.74, 6) is 5.84. The lowest BCUT2D eigenvalue weighted by molar-refractivity contribution is 0.0662. The van der Waals surface area contributed by atoms with Crippen molar-refractivity contribution in [3.8, 4) is 17.7 Å². The molecule has 1 amide bonds. The molecule has 0 saturated carbocycles. The Morgan fingerprint density at radius 1 is 1.33 bits per heavy atom. The molecular weight excluding hydrogens is 387 g/mol.